The largest absolute Gasteiger partial charge is 0.457 e. The second-order valence-electron chi connectivity index (χ2n) is 5.75. The van der Waals surface area contributed by atoms with Crippen LogP contribution >= 0.6 is 0 Å². The maximum Gasteiger partial charge on any atom is 0.248 e. The number of carbonyl (C=O) groups is 1. The van der Waals surface area contributed by atoms with Crippen LogP contribution < -0.4 is 10.5 Å². The van der Waals surface area contributed by atoms with Crippen molar-refractivity contribution in [2.45, 2.75) is 32.6 Å². The van der Waals surface area contributed by atoms with E-state index in [-0.39, 0.29) is 5.41 Å². The topological polar surface area (TPSA) is 52.3 Å². The van der Waals surface area contributed by atoms with Crippen LogP contribution in [0.25, 0.3) is 0 Å². The first kappa shape index (κ1) is 15.1. The summed E-state index contributed by atoms with van der Waals surface area (Å²) >= 11 is 0. The third-order valence-corrected chi connectivity index (χ3v) is 3.89. The van der Waals surface area contributed by atoms with E-state index in [4.69, 9.17) is 10.5 Å². The number of ether oxygens (including phenoxy) is 1. The molecule has 2 aromatic carbocycles. The van der Waals surface area contributed by atoms with Crippen molar-refractivity contribution in [2.24, 2.45) is 5.73 Å². The Bertz CT molecular complexity index is 613. The van der Waals surface area contributed by atoms with Crippen molar-refractivity contribution in [3.8, 4) is 11.5 Å². The number of carbonyl (C=O) groups excluding carboxylic acids is 1. The number of nitrogens with two attached hydrogens (primary N) is 1. The van der Waals surface area contributed by atoms with Crippen LogP contribution in [-0.2, 0) is 5.41 Å². The first-order chi connectivity index (χ1) is 9.92. The molecule has 3 heteroatoms. The lowest BCUT2D eigenvalue weighted by Gasteiger charge is -2.23. The molecule has 3 nitrogen and oxygen atoms in total. The Morgan fingerprint density at radius 1 is 1.00 bits per heavy atom. The summed E-state index contributed by atoms with van der Waals surface area (Å²) in [5, 5.41) is 0. The molecule has 0 bridgehead atoms. The van der Waals surface area contributed by atoms with Gasteiger partial charge < -0.3 is 10.5 Å². The Morgan fingerprint density at radius 3 is 1.90 bits per heavy atom. The van der Waals surface area contributed by atoms with Gasteiger partial charge in [0.25, 0.3) is 0 Å². The minimum Gasteiger partial charge on any atom is -0.457 e. The van der Waals surface area contributed by atoms with Crippen molar-refractivity contribution in [1.82, 2.24) is 0 Å². The molecule has 2 N–H and O–H groups in total. The van der Waals surface area contributed by atoms with Crippen molar-refractivity contribution in [3.05, 3.63) is 59.7 Å². The Kier molecular flexibility index (Phi) is 4.32. The van der Waals surface area contributed by atoms with Gasteiger partial charge in [-0.2, -0.15) is 0 Å². The zero-order valence-corrected chi connectivity index (χ0v) is 12.7. The smallest absolute Gasteiger partial charge is 0.248 e. The molecule has 0 unspecified atom stereocenters. The standard InChI is InChI=1S/C18H21NO2/c1-4-18(2,3)14-7-11-16(12-8-14)21-15-9-5-13(6-10-15)17(19)20/h5-12H,4H2,1-3H3,(H2,19,20). The van der Waals surface area contributed by atoms with Gasteiger partial charge in [0.05, 0.1) is 0 Å². The summed E-state index contributed by atoms with van der Waals surface area (Å²) in [7, 11) is 0. The van der Waals surface area contributed by atoms with E-state index in [1.54, 1.807) is 24.3 Å². The van der Waals surface area contributed by atoms with Crippen LogP contribution in [0.3, 0.4) is 0 Å². The molecule has 2 aromatic rings. The van der Waals surface area contributed by atoms with E-state index in [1.165, 1.54) is 5.56 Å². The van der Waals surface area contributed by atoms with E-state index in [0.717, 1.165) is 12.2 Å². The molecule has 0 saturated carbocycles. The fourth-order valence-electron chi connectivity index (χ4n) is 2.00. The summed E-state index contributed by atoms with van der Waals surface area (Å²) in [6.45, 7) is 6.64. The van der Waals surface area contributed by atoms with Crippen LogP contribution in [0.15, 0.2) is 48.5 Å². The molecule has 2 rings (SSSR count). The van der Waals surface area contributed by atoms with Crippen LogP contribution in [0, 0.1) is 0 Å². The minimum atomic E-state index is -0.437. The highest BCUT2D eigenvalue weighted by Crippen LogP contribution is 2.29. The van der Waals surface area contributed by atoms with Gasteiger partial charge in [0.2, 0.25) is 5.91 Å². The van der Waals surface area contributed by atoms with Crippen molar-refractivity contribution >= 4 is 5.91 Å². The molecule has 110 valence electrons. The normalized spacial score (nSPS) is 11.2. The Morgan fingerprint density at radius 2 is 1.48 bits per heavy atom. The maximum atomic E-state index is 11.0. The maximum absolute atomic E-state index is 11.0. The third kappa shape index (κ3) is 3.63. The number of rotatable bonds is 5. The molecule has 0 aliphatic heterocycles. The molecule has 0 saturated heterocycles. The van der Waals surface area contributed by atoms with E-state index < -0.39 is 5.91 Å². The predicted octanol–water partition coefficient (Wildman–Crippen LogP) is 4.27. The molecule has 0 fully saturated rings. The number of hydrogen-bond acceptors (Lipinski definition) is 2. The summed E-state index contributed by atoms with van der Waals surface area (Å²) in [6.07, 6.45) is 1.09. The average molecular weight is 283 g/mol. The first-order valence-electron chi connectivity index (χ1n) is 7.10. The molecule has 1 amide bonds. The summed E-state index contributed by atoms with van der Waals surface area (Å²) in [6, 6.07) is 14.9. The second-order valence-corrected chi connectivity index (χ2v) is 5.75. The van der Waals surface area contributed by atoms with E-state index in [2.05, 4.69) is 32.9 Å². The summed E-state index contributed by atoms with van der Waals surface area (Å²) < 4.78 is 5.76. The van der Waals surface area contributed by atoms with Crippen LogP contribution in [0.1, 0.15) is 43.1 Å². The summed E-state index contributed by atoms with van der Waals surface area (Å²) in [5.41, 5.74) is 7.14. The average Bonchev–Trinajstić information content (AvgIpc) is 2.48. The predicted molar refractivity (Wildman–Crippen MR) is 84.8 cm³/mol. The lowest BCUT2D eigenvalue weighted by atomic mass is 9.82. The van der Waals surface area contributed by atoms with Crippen molar-refractivity contribution in [3.63, 3.8) is 0 Å². The van der Waals surface area contributed by atoms with E-state index in [9.17, 15) is 4.79 Å². The second kappa shape index (κ2) is 6.00. The van der Waals surface area contributed by atoms with Crippen LogP contribution in [0.2, 0.25) is 0 Å². The SMILES string of the molecule is CCC(C)(C)c1ccc(Oc2ccc(C(N)=O)cc2)cc1. The third-order valence-electron chi connectivity index (χ3n) is 3.89. The highest BCUT2D eigenvalue weighted by atomic mass is 16.5. The Labute approximate surface area is 125 Å². The first-order valence-corrected chi connectivity index (χ1v) is 7.10. The fraction of sp³-hybridized carbons (Fsp3) is 0.278. The zero-order valence-electron chi connectivity index (χ0n) is 12.7. The number of primary amides is 1. The summed E-state index contributed by atoms with van der Waals surface area (Å²) in [5.74, 6) is 1.02. The molecule has 0 atom stereocenters. The molecule has 0 aromatic heterocycles. The van der Waals surface area contributed by atoms with Crippen molar-refractivity contribution in [1.29, 1.82) is 0 Å². The quantitative estimate of drug-likeness (QED) is 0.891. The van der Waals surface area contributed by atoms with Gasteiger partial charge in [-0.1, -0.05) is 32.9 Å². The minimum absolute atomic E-state index is 0.168. The van der Waals surface area contributed by atoms with E-state index >= 15 is 0 Å². The molecule has 0 spiro atoms. The van der Waals surface area contributed by atoms with Gasteiger partial charge in [0.15, 0.2) is 0 Å². The monoisotopic (exact) mass is 283 g/mol. The molecule has 0 heterocycles. The Hall–Kier alpha value is -2.29. The van der Waals surface area contributed by atoms with Crippen molar-refractivity contribution in [2.75, 3.05) is 0 Å². The number of hydrogen-bond donors (Lipinski definition) is 1. The van der Waals surface area contributed by atoms with E-state index in [0.29, 0.717) is 11.3 Å². The molecule has 0 aliphatic rings. The molecular formula is C18H21NO2. The highest BCUT2D eigenvalue weighted by Gasteiger charge is 2.17. The lowest BCUT2D eigenvalue weighted by Crippen LogP contribution is -2.14. The van der Waals surface area contributed by atoms with Gasteiger partial charge >= 0.3 is 0 Å². The fourth-order valence-corrected chi connectivity index (χ4v) is 2.00. The molecule has 0 aliphatic carbocycles. The van der Waals surface area contributed by atoms with Gasteiger partial charge in [-0.25, -0.2) is 0 Å². The van der Waals surface area contributed by atoms with Crippen LogP contribution in [0.4, 0.5) is 0 Å². The summed E-state index contributed by atoms with van der Waals surface area (Å²) in [4.78, 5) is 11.0. The molecule has 21 heavy (non-hydrogen) atoms. The number of benzene rings is 2. The zero-order chi connectivity index (χ0) is 15.5. The van der Waals surface area contributed by atoms with Gasteiger partial charge in [0.1, 0.15) is 11.5 Å². The van der Waals surface area contributed by atoms with Crippen molar-refractivity contribution < 1.29 is 9.53 Å². The van der Waals surface area contributed by atoms with Gasteiger partial charge in [0, 0.05) is 5.56 Å². The Balaban J connectivity index is 2.11. The van der Waals surface area contributed by atoms with Gasteiger partial charge in [-0.15, -0.1) is 0 Å². The van der Waals surface area contributed by atoms with E-state index in [1.807, 2.05) is 12.1 Å². The van der Waals surface area contributed by atoms with Crippen LogP contribution in [0.5, 0.6) is 11.5 Å². The highest BCUT2D eigenvalue weighted by molar-refractivity contribution is 5.92. The van der Waals surface area contributed by atoms with Gasteiger partial charge in [-0.3, -0.25) is 4.79 Å². The molecule has 0 radical (unpaired) electrons. The van der Waals surface area contributed by atoms with Gasteiger partial charge in [-0.05, 0) is 53.8 Å². The lowest BCUT2D eigenvalue weighted by molar-refractivity contribution is 0.100. The van der Waals surface area contributed by atoms with Crippen LogP contribution in [-0.4, -0.2) is 5.91 Å². The number of amides is 1. The molecular weight excluding hydrogens is 262 g/mol.